The molecule has 1 aliphatic rings. The van der Waals surface area contributed by atoms with E-state index < -0.39 is 5.41 Å². The lowest BCUT2D eigenvalue weighted by Crippen LogP contribution is -2.38. The molecule has 62 valence electrons. The van der Waals surface area contributed by atoms with E-state index in [2.05, 4.69) is 6.58 Å². The fourth-order valence-electron chi connectivity index (χ4n) is 1.31. The molecular formula is C8H13NO2. The predicted molar refractivity (Wildman–Crippen MR) is 41.9 cm³/mol. The number of hydrogen-bond acceptors (Lipinski definition) is 2. The van der Waals surface area contributed by atoms with Crippen LogP contribution in [-0.2, 0) is 9.53 Å². The lowest BCUT2D eigenvalue weighted by molar-refractivity contribution is -0.125. The van der Waals surface area contributed by atoms with E-state index in [1.807, 2.05) is 6.92 Å². The number of carbonyl (C=O) groups is 1. The van der Waals surface area contributed by atoms with Crippen LogP contribution < -0.4 is 5.73 Å². The normalized spacial score (nSPS) is 30.3. The summed E-state index contributed by atoms with van der Waals surface area (Å²) in [4.78, 5) is 11.0. The third-order valence-corrected chi connectivity index (χ3v) is 2.31. The van der Waals surface area contributed by atoms with Gasteiger partial charge in [0.05, 0.1) is 12.0 Å². The topological polar surface area (TPSA) is 52.3 Å². The monoisotopic (exact) mass is 155 g/mol. The smallest absolute Gasteiger partial charge is 0.230 e. The minimum atomic E-state index is -0.583. The average molecular weight is 155 g/mol. The average Bonchev–Trinajstić information content (AvgIpc) is 2.34. The molecule has 1 rings (SSSR count). The van der Waals surface area contributed by atoms with E-state index in [0.29, 0.717) is 19.6 Å². The van der Waals surface area contributed by atoms with Gasteiger partial charge in [-0.05, 0) is 13.3 Å². The molecule has 1 fully saturated rings. The van der Waals surface area contributed by atoms with Gasteiger partial charge in [0.1, 0.15) is 0 Å². The van der Waals surface area contributed by atoms with Gasteiger partial charge in [-0.3, -0.25) is 4.79 Å². The quantitative estimate of drug-likeness (QED) is 0.589. The van der Waals surface area contributed by atoms with Crippen LogP contribution in [0.2, 0.25) is 0 Å². The highest BCUT2D eigenvalue weighted by atomic mass is 16.5. The Morgan fingerprint density at radius 1 is 1.73 bits per heavy atom. The summed E-state index contributed by atoms with van der Waals surface area (Å²) in [6.45, 7) is 6.58. The summed E-state index contributed by atoms with van der Waals surface area (Å²) >= 11 is 0. The highest BCUT2D eigenvalue weighted by molar-refractivity contribution is 5.84. The summed E-state index contributed by atoms with van der Waals surface area (Å²) in [7, 11) is 0. The molecule has 0 radical (unpaired) electrons. The molecule has 1 saturated heterocycles. The molecule has 0 spiro atoms. The molecule has 0 aromatic heterocycles. The molecule has 1 amide bonds. The van der Waals surface area contributed by atoms with Crippen molar-refractivity contribution in [1.29, 1.82) is 0 Å². The summed E-state index contributed by atoms with van der Waals surface area (Å²) in [5, 5.41) is 0. The van der Waals surface area contributed by atoms with Gasteiger partial charge in [-0.2, -0.15) is 0 Å². The number of ether oxygens (including phenoxy) is 1. The first-order valence-electron chi connectivity index (χ1n) is 3.63. The minimum absolute atomic E-state index is 0.317. The van der Waals surface area contributed by atoms with Crippen molar-refractivity contribution in [3.63, 3.8) is 0 Å². The van der Waals surface area contributed by atoms with Crippen LogP contribution in [0.4, 0.5) is 0 Å². The van der Waals surface area contributed by atoms with Crippen LogP contribution in [0.3, 0.4) is 0 Å². The van der Waals surface area contributed by atoms with Crippen LogP contribution in [0.25, 0.3) is 0 Å². The van der Waals surface area contributed by atoms with Crippen molar-refractivity contribution in [2.45, 2.75) is 13.3 Å². The molecule has 0 aromatic rings. The van der Waals surface area contributed by atoms with Crippen LogP contribution in [0.15, 0.2) is 12.2 Å². The van der Waals surface area contributed by atoms with Gasteiger partial charge in [-0.15, -0.1) is 0 Å². The first-order valence-corrected chi connectivity index (χ1v) is 3.63. The van der Waals surface area contributed by atoms with Crippen molar-refractivity contribution in [2.24, 2.45) is 11.1 Å². The van der Waals surface area contributed by atoms with Gasteiger partial charge in [0.25, 0.3) is 0 Å². The van der Waals surface area contributed by atoms with Gasteiger partial charge in [0.2, 0.25) is 5.91 Å². The first kappa shape index (κ1) is 8.27. The standard InChI is InChI=1S/C8H13NO2/c1-6(2)8(7(9)10)3-4-11-5-8/h1,3-5H2,2H3,(H2,9,10). The van der Waals surface area contributed by atoms with E-state index in [1.54, 1.807) is 0 Å². The largest absolute Gasteiger partial charge is 0.380 e. The van der Waals surface area contributed by atoms with E-state index in [4.69, 9.17) is 10.5 Å². The zero-order valence-electron chi connectivity index (χ0n) is 6.72. The van der Waals surface area contributed by atoms with Gasteiger partial charge in [-0.25, -0.2) is 0 Å². The molecule has 1 aliphatic heterocycles. The van der Waals surface area contributed by atoms with E-state index in [-0.39, 0.29) is 5.91 Å². The zero-order chi connectivity index (χ0) is 8.48. The summed E-state index contributed by atoms with van der Waals surface area (Å²) in [6.07, 6.45) is 0.678. The second-order valence-electron chi connectivity index (χ2n) is 3.03. The molecule has 2 N–H and O–H groups in total. The Labute approximate surface area is 66.2 Å². The predicted octanol–water partition coefficient (Wildman–Crippen LogP) is 0.455. The maximum absolute atomic E-state index is 11.0. The number of rotatable bonds is 2. The lowest BCUT2D eigenvalue weighted by Gasteiger charge is -2.23. The molecule has 0 saturated carbocycles. The molecule has 1 atom stereocenters. The van der Waals surface area contributed by atoms with Gasteiger partial charge in [-0.1, -0.05) is 12.2 Å². The number of hydrogen-bond donors (Lipinski definition) is 1. The van der Waals surface area contributed by atoms with Crippen LogP contribution >= 0.6 is 0 Å². The third kappa shape index (κ3) is 1.16. The molecule has 1 heterocycles. The van der Waals surface area contributed by atoms with Gasteiger partial charge in [0.15, 0.2) is 0 Å². The first-order chi connectivity index (χ1) is 5.09. The number of primary amides is 1. The highest BCUT2D eigenvalue weighted by Gasteiger charge is 2.41. The van der Waals surface area contributed by atoms with E-state index in [9.17, 15) is 4.79 Å². The van der Waals surface area contributed by atoms with Gasteiger partial charge < -0.3 is 10.5 Å². The van der Waals surface area contributed by atoms with Crippen LogP contribution in [0.1, 0.15) is 13.3 Å². The number of amides is 1. The Morgan fingerprint density at radius 3 is 2.55 bits per heavy atom. The van der Waals surface area contributed by atoms with Crippen molar-refractivity contribution in [3.05, 3.63) is 12.2 Å². The Morgan fingerprint density at radius 2 is 2.36 bits per heavy atom. The van der Waals surface area contributed by atoms with Crippen molar-refractivity contribution in [3.8, 4) is 0 Å². The second kappa shape index (κ2) is 2.66. The molecular weight excluding hydrogens is 142 g/mol. The van der Waals surface area contributed by atoms with Gasteiger partial charge >= 0.3 is 0 Å². The number of carbonyl (C=O) groups excluding carboxylic acids is 1. The molecule has 1 unspecified atom stereocenters. The highest BCUT2D eigenvalue weighted by Crippen LogP contribution is 2.34. The molecule has 0 aliphatic carbocycles. The zero-order valence-corrected chi connectivity index (χ0v) is 6.72. The molecule has 0 aromatic carbocycles. The van der Waals surface area contributed by atoms with Crippen LogP contribution in [0, 0.1) is 5.41 Å². The van der Waals surface area contributed by atoms with Gasteiger partial charge in [0, 0.05) is 6.61 Å². The fraction of sp³-hybridized carbons (Fsp3) is 0.625. The Hall–Kier alpha value is -0.830. The Kier molecular flexibility index (Phi) is 2.00. The third-order valence-electron chi connectivity index (χ3n) is 2.31. The van der Waals surface area contributed by atoms with Crippen LogP contribution in [0.5, 0.6) is 0 Å². The second-order valence-corrected chi connectivity index (χ2v) is 3.03. The van der Waals surface area contributed by atoms with Crippen molar-refractivity contribution >= 4 is 5.91 Å². The van der Waals surface area contributed by atoms with Crippen molar-refractivity contribution < 1.29 is 9.53 Å². The van der Waals surface area contributed by atoms with E-state index in [1.165, 1.54) is 0 Å². The lowest BCUT2D eigenvalue weighted by atomic mass is 9.80. The Bertz CT molecular complexity index is 176. The molecule has 3 heteroatoms. The summed E-state index contributed by atoms with van der Waals surface area (Å²) in [5.41, 5.74) is 5.48. The Balaban J connectivity index is 2.87. The SMILES string of the molecule is C=C(C)C1(C(N)=O)CCOC1. The van der Waals surface area contributed by atoms with E-state index >= 15 is 0 Å². The minimum Gasteiger partial charge on any atom is -0.380 e. The van der Waals surface area contributed by atoms with Crippen molar-refractivity contribution in [2.75, 3.05) is 13.2 Å². The summed E-state index contributed by atoms with van der Waals surface area (Å²) in [6, 6.07) is 0. The van der Waals surface area contributed by atoms with E-state index in [0.717, 1.165) is 5.57 Å². The maximum atomic E-state index is 11.0. The van der Waals surface area contributed by atoms with Crippen molar-refractivity contribution in [1.82, 2.24) is 0 Å². The summed E-state index contributed by atoms with van der Waals surface area (Å²) < 4.78 is 5.12. The molecule has 0 bridgehead atoms. The fourth-order valence-corrected chi connectivity index (χ4v) is 1.31. The molecule has 11 heavy (non-hydrogen) atoms. The molecule has 3 nitrogen and oxygen atoms in total. The maximum Gasteiger partial charge on any atom is 0.230 e. The van der Waals surface area contributed by atoms with Crippen LogP contribution in [-0.4, -0.2) is 19.1 Å². The number of nitrogens with two attached hydrogens (primary N) is 1. The summed E-state index contributed by atoms with van der Waals surface area (Å²) in [5.74, 6) is -0.317.